The number of aromatic nitrogens is 1. The number of benzene rings is 3. The van der Waals surface area contributed by atoms with Crippen molar-refractivity contribution in [2.75, 3.05) is 7.11 Å². The molecule has 0 fully saturated rings. The number of nitrogens with zero attached hydrogens (tertiary/aromatic N) is 1. The fourth-order valence-electron chi connectivity index (χ4n) is 3.08. The minimum atomic E-state index is -4.75. The highest BCUT2D eigenvalue weighted by Gasteiger charge is 2.31. The molecule has 0 saturated heterocycles. The number of alkyl halides is 3. The third-order valence-electron chi connectivity index (χ3n) is 4.43. The maximum absolute atomic E-state index is 12.5. The standard InChI is InChI=1S/C23H15BrF3NO3/c1-29-18-8-4-5-9-19(18)30-22-16-6-2-3-7-17(16)28-21(20(22)24)14-10-12-15(13-11-14)31-23(25,26)27/h2-13H,1H3. The van der Waals surface area contributed by atoms with Crippen molar-refractivity contribution in [1.29, 1.82) is 0 Å². The predicted octanol–water partition coefficient (Wildman–Crippen LogP) is 7.36. The molecule has 4 aromatic rings. The van der Waals surface area contributed by atoms with E-state index in [9.17, 15) is 13.2 Å². The summed E-state index contributed by atoms with van der Waals surface area (Å²) in [5.74, 6) is 1.28. The summed E-state index contributed by atoms with van der Waals surface area (Å²) in [4.78, 5) is 4.67. The molecule has 158 valence electrons. The first-order valence-electron chi connectivity index (χ1n) is 9.11. The fraction of sp³-hybridized carbons (Fsp3) is 0.0870. The van der Waals surface area contributed by atoms with Crippen molar-refractivity contribution in [3.63, 3.8) is 0 Å². The van der Waals surface area contributed by atoms with Crippen LogP contribution < -0.4 is 14.2 Å². The first-order valence-corrected chi connectivity index (χ1v) is 9.90. The number of methoxy groups -OCH3 is 1. The van der Waals surface area contributed by atoms with E-state index in [2.05, 4.69) is 25.7 Å². The summed E-state index contributed by atoms with van der Waals surface area (Å²) in [5.41, 5.74) is 1.78. The zero-order chi connectivity index (χ0) is 22.0. The van der Waals surface area contributed by atoms with Crippen molar-refractivity contribution in [1.82, 2.24) is 4.98 Å². The van der Waals surface area contributed by atoms with E-state index in [0.29, 0.717) is 38.5 Å². The Morgan fingerprint density at radius 3 is 2.16 bits per heavy atom. The molecule has 0 amide bonds. The zero-order valence-corrected chi connectivity index (χ0v) is 17.7. The summed E-state index contributed by atoms with van der Waals surface area (Å²) in [5, 5.41) is 0.765. The number of pyridine rings is 1. The molecule has 31 heavy (non-hydrogen) atoms. The number of fused-ring (bicyclic) bond motifs is 1. The summed E-state index contributed by atoms with van der Waals surface area (Å²) in [7, 11) is 1.55. The number of rotatable bonds is 5. The van der Waals surface area contributed by atoms with Gasteiger partial charge in [-0.05, 0) is 64.5 Å². The first-order chi connectivity index (χ1) is 14.9. The second-order valence-electron chi connectivity index (χ2n) is 6.45. The molecule has 0 saturated carbocycles. The fourth-order valence-corrected chi connectivity index (χ4v) is 3.69. The molecule has 3 aromatic carbocycles. The third-order valence-corrected chi connectivity index (χ3v) is 5.17. The Bertz CT molecular complexity index is 1230. The highest BCUT2D eigenvalue weighted by molar-refractivity contribution is 9.10. The Kier molecular flexibility index (Phi) is 5.73. The van der Waals surface area contributed by atoms with E-state index in [0.717, 1.165) is 5.39 Å². The predicted molar refractivity (Wildman–Crippen MR) is 115 cm³/mol. The molecule has 8 heteroatoms. The van der Waals surface area contributed by atoms with Crippen LogP contribution in [0.3, 0.4) is 0 Å². The van der Waals surface area contributed by atoms with Gasteiger partial charge in [-0.2, -0.15) is 0 Å². The number of halogens is 4. The normalized spacial score (nSPS) is 11.4. The third kappa shape index (κ3) is 4.59. The van der Waals surface area contributed by atoms with Crippen LogP contribution >= 0.6 is 15.9 Å². The second kappa shape index (κ2) is 8.47. The summed E-state index contributed by atoms with van der Waals surface area (Å²) in [6, 6.07) is 20.2. The van der Waals surface area contributed by atoms with Gasteiger partial charge in [0.05, 0.1) is 22.8 Å². The van der Waals surface area contributed by atoms with Crippen molar-refractivity contribution < 1.29 is 27.4 Å². The van der Waals surface area contributed by atoms with Crippen LogP contribution in [0.5, 0.6) is 23.0 Å². The molecule has 0 bridgehead atoms. The molecule has 0 atom stereocenters. The largest absolute Gasteiger partial charge is 0.573 e. The van der Waals surface area contributed by atoms with Crippen LogP contribution in [0.4, 0.5) is 13.2 Å². The smallest absolute Gasteiger partial charge is 0.493 e. The SMILES string of the molecule is COc1ccccc1Oc1c(Br)c(-c2ccc(OC(F)(F)F)cc2)nc2ccccc12. The number of ether oxygens (including phenoxy) is 3. The van der Waals surface area contributed by atoms with Gasteiger partial charge in [0, 0.05) is 10.9 Å². The highest BCUT2D eigenvalue weighted by atomic mass is 79.9. The average Bonchev–Trinajstić information content (AvgIpc) is 2.75. The van der Waals surface area contributed by atoms with Crippen LogP contribution in [-0.4, -0.2) is 18.5 Å². The van der Waals surface area contributed by atoms with E-state index in [1.807, 2.05) is 36.4 Å². The summed E-state index contributed by atoms with van der Waals surface area (Å²) >= 11 is 3.57. The van der Waals surface area contributed by atoms with E-state index in [1.165, 1.54) is 24.3 Å². The Morgan fingerprint density at radius 1 is 0.839 bits per heavy atom. The molecule has 1 heterocycles. The summed E-state index contributed by atoms with van der Waals surface area (Å²) in [6.45, 7) is 0. The number of para-hydroxylation sites is 3. The lowest BCUT2D eigenvalue weighted by atomic mass is 10.1. The minimum Gasteiger partial charge on any atom is -0.493 e. The van der Waals surface area contributed by atoms with E-state index in [4.69, 9.17) is 9.47 Å². The van der Waals surface area contributed by atoms with Crippen LogP contribution in [0.15, 0.2) is 77.3 Å². The lowest BCUT2D eigenvalue weighted by molar-refractivity contribution is -0.274. The molecule has 0 spiro atoms. The van der Waals surface area contributed by atoms with Gasteiger partial charge in [-0.3, -0.25) is 0 Å². The van der Waals surface area contributed by atoms with Crippen LogP contribution in [0, 0.1) is 0 Å². The molecule has 4 rings (SSSR count). The first kappa shape index (κ1) is 21.0. The van der Waals surface area contributed by atoms with Gasteiger partial charge >= 0.3 is 6.36 Å². The van der Waals surface area contributed by atoms with Gasteiger partial charge < -0.3 is 14.2 Å². The summed E-state index contributed by atoms with van der Waals surface area (Å²) < 4.78 is 53.5. The van der Waals surface area contributed by atoms with E-state index in [-0.39, 0.29) is 5.75 Å². The molecule has 4 nitrogen and oxygen atoms in total. The minimum absolute atomic E-state index is 0.307. The number of hydrogen-bond donors (Lipinski definition) is 0. The van der Waals surface area contributed by atoms with E-state index < -0.39 is 6.36 Å². The Hall–Kier alpha value is -3.26. The van der Waals surface area contributed by atoms with Crippen LogP contribution in [0.1, 0.15) is 0 Å². The maximum atomic E-state index is 12.5. The maximum Gasteiger partial charge on any atom is 0.573 e. The molecule has 0 N–H and O–H groups in total. The van der Waals surface area contributed by atoms with Crippen LogP contribution in [0.25, 0.3) is 22.2 Å². The van der Waals surface area contributed by atoms with Crippen molar-refractivity contribution in [3.05, 3.63) is 77.3 Å². The molecule has 0 radical (unpaired) electrons. The van der Waals surface area contributed by atoms with Gasteiger partial charge in [0.1, 0.15) is 5.75 Å². The molecule has 0 unspecified atom stereocenters. The highest BCUT2D eigenvalue weighted by Crippen LogP contribution is 2.43. The van der Waals surface area contributed by atoms with Crippen LogP contribution in [-0.2, 0) is 0 Å². The Morgan fingerprint density at radius 2 is 1.48 bits per heavy atom. The molecule has 0 aliphatic heterocycles. The molecule has 0 aliphatic carbocycles. The number of hydrogen-bond acceptors (Lipinski definition) is 4. The van der Waals surface area contributed by atoms with E-state index in [1.54, 1.807) is 19.2 Å². The van der Waals surface area contributed by atoms with Gasteiger partial charge in [0.25, 0.3) is 0 Å². The van der Waals surface area contributed by atoms with Crippen LogP contribution in [0.2, 0.25) is 0 Å². The van der Waals surface area contributed by atoms with Crippen molar-refractivity contribution in [2.45, 2.75) is 6.36 Å². The molecular weight excluding hydrogens is 475 g/mol. The van der Waals surface area contributed by atoms with Crippen molar-refractivity contribution >= 4 is 26.8 Å². The lowest BCUT2D eigenvalue weighted by Crippen LogP contribution is -2.16. The monoisotopic (exact) mass is 489 g/mol. The van der Waals surface area contributed by atoms with E-state index >= 15 is 0 Å². The molecule has 1 aromatic heterocycles. The topological polar surface area (TPSA) is 40.6 Å². The van der Waals surface area contributed by atoms with Crippen molar-refractivity contribution in [3.8, 4) is 34.3 Å². The van der Waals surface area contributed by atoms with Gasteiger partial charge in [-0.25, -0.2) is 4.98 Å². The molecular formula is C23H15BrF3NO3. The molecule has 0 aliphatic rings. The Labute approximate surface area is 184 Å². The quantitative estimate of drug-likeness (QED) is 0.293. The van der Waals surface area contributed by atoms with Crippen molar-refractivity contribution in [2.24, 2.45) is 0 Å². The lowest BCUT2D eigenvalue weighted by Gasteiger charge is -2.16. The van der Waals surface area contributed by atoms with Gasteiger partial charge in [-0.1, -0.05) is 24.3 Å². The van der Waals surface area contributed by atoms with Gasteiger partial charge in [-0.15, -0.1) is 13.2 Å². The summed E-state index contributed by atoms with van der Waals surface area (Å²) in [6.07, 6.45) is -4.75. The van der Waals surface area contributed by atoms with Gasteiger partial charge in [0.2, 0.25) is 0 Å². The van der Waals surface area contributed by atoms with Gasteiger partial charge in [0.15, 0.2) is 17.2 Å². The Balaban J connectivity index is 1.81. The average molecular weight is 490 g/mol. The zero-order valence-electron chi connectivity index (χ0n) is 16.1. The second-order valence-corrected chi connectivity index (χ2v) is 7.24.